The van der Waals surface area contributed by atoms with Crippen molar-refractivity contribution < 1.29 is 9.90 Å². The predicted octanol–water partition coefficient (Wildman–Crippen LogP) is 2.56. The van der Waals surface area contributed by atoms with Crippen LogP contribution in [0.5, 0.6) is 0 Å². The second-order valence-corrected chi connectivity index (χ2v) is 7.42. The summed E-state index contributed by atoms with van der Waals surface area (Å²) < 4.78 is 1.77. The third-order valence-electron chi connectivity index (χ3n) is 4.95. The Labute approximate surface area is 167 Å². The van der Waals surface area contributed by atoms with Gasteiger partial charge in [0.2, 0.25) is 0 Å². The number of halogens is 1. The van der Waals surface area contributed by atoms with Crippen LogP contribution in [0.4, 0.5) is 0 Å². The molecule has 2 N–H and O–H groups in total. The monoisotopic (exact) mass is 397 g/mol. The van der Waals surface area contributed by atoms with Gasteiger partial charge in [-0.2, -0.15) is 5.10 Å². The molecule has 3 aromatic heterocycles. The number of nitrogens with one attached hydrogen (secondary N) is 1. The van der Waals surface area contributed by atoms with E-state index in [1.807, 2.05) is 24.3 Å². The molecule has 1 saturated carbocycles. The van der Waals surface area contributed by atoms with Gasteiger partial charge in [0.1, 0.15) is 5.69 Å². The van der Waals surface area contributed by atoms with Crippen LogP contribution < -0.4 is 5.32 Å². The van der Waals surface area contributed by atoms with Crippen LogP contribution in [0.3, 0.4) is 0 Å². The van der Waals surface area contributed by atoms with E-state index in [0.29, 0.717) is 41.4 Å². The molecule has 3 aromatic rings. The van der Waals surface area contributed by atoms with E-state index < -0.39 is 6.10 Å². The average Bonchev–Trinajstić information content (AvgIpc) is 3.27. The lowest BCUT2D eigenvalue weighted by molar-refractivity contribution is 0.0868. The van der Waals surface area contributed by atoms with Crippen LogP contribution in [-0.4, -0.2) is 42.9 Å². The summed E-state index contributed by atoms with van der Waals surface area (Å²) in [5, 5.41) is 18.1. The molecular formula is C20H20ClN5O2. The molecule has 1 aliphatic carbocycles. The first-order chi connectivity index (χ1) is 13.6. The molecule has 1 fully saturated rings. The smallest absolute Gasteiger partial charge is 0.270 e. The van der Waals surface area contributed by atoms with Gasteiger partial charge in [-0.25, -0.2) is 0 Å². The molecule has 3 heterocycles. The lowest BCUT2D eigenvalue weighted by Gasteiger charge is -2.17. The number of aliphatic hydroxyl groups is 1. The minimum absolute atomic E-state index is 0.204. The lowest BCUT2D eigenvalue weighted by Crippen LogP contribution is -2.40. The second kappa shape index (κ2) is 8.08. The highest BCUT2D eigenvalue weighted by molar-refractivity contribution is 6.30. The van der Waals surface area contributed by atoms with Crippen LogP contribution in [0.2, 0.25) is 5.02 Å². The van der Waals surface area contributed by atoms with Gasteiger partial charge < -0.3 is 10.4 Å². The van der Waals surface area contributed by atoms with E-state index in [9.17, 15) is 9.90 Å². The second-order valence-electron chi connectivity index (χ2n) is 6.98. The molecule has 4 rings (SSSR count). The number of carbonyl (C=O) groups excluding carboxylic acids is 1. The van der Waals surface area contributed by atoms with Gasteiger partial charge in [-0.1, -0.05) is 17.7 Å². The Bertz CT molecular complexity index is 962. The third kappa shape index (κ3) is 4.05. The molecular weight excluding hydrogens is 378 g/mol. The Balaban J connectivity index is 1.46. The van der Waals surface area contributed by atoms with Crippen LogP contribution in [0.1, 0.15) is 23.3 Å². The molecule has 0 radical (unpaired) electrons. The van der Waals surface area contributed by atoms with E-state index in [1.165, 1.54) is 0 Å². The number of amides is 1. The molecule has 3 atom stereocenters. The van der Waals surface area contributed by atoms with Crippen molar-refractivity contribution in [3.05, 3.63) is 65.8 Å². The third-order valence-corrected chi connectivity index (χ3v) is 5.15. The molecule has 28 heavy (non-hydrogen) atoms. The minimum Gasteiger partial charge on any atom is -0.391 e. The Hall–Kier alpha value is -2.77. The van der Waals surface area contributed by atoms with Crippen LogP contribution in [0.25, 0.3) is 11.3 Å². The minimum atomic E-state index is -0.609. The Kier molecular flexibility index (Phi) is 5.36. The van der Waals surface area contributed by atoms with E-state index in [-0.39, 0.29) is 17.9 Å². The van der Waals surface area contributed by atoms with Gasteiger partial charge in [-0.05, 0) is 43.0 Å². The summed E-state index contributed by atoms with van der Waals surface area (Å²) in [6, 6.07) is 8.78. The Morgan fingerprint density at radius 2 is 2.07 bits per heavy atom. The number of carbonyl (C=O) groups is 1. The zero-order valence-corrected chi connectivity index (χ0v) is 15.8. The zero-order chi connectivity index (χ0) is 19.5. The van der Waals surface area contributed by atoms with Gasteiger partial charge in [0.05, 0.1) is 29.1 Å². The molecule has 8 heteroatoms. The fourth-order valence-electron chi connectivity index (χ4n) is 3.68. The SMILES string of the molecule is O=C(N[C@@H]1CC(Cn2cc(Cl)cn2)C[C@H]1O)c1ncccc1-c1ccccn1. The summed E-state index contributed by atoms with van der Waals surface area (Å²) >= 11 is 5.90. The first kappa shape index (κ1) is 18.6. The van der Waals surface area contributed by atoms with Crippen molar-refractivity contribution in [1.82, 2.24) is 25.1 Å². The normalized spacial score (nSPS) is 21.6. The van der Waals surface area contributed by atoms with Crippen molar-refractivity contribution in [3.63, 3.8) is 0 Å². The summed E-state index contributed by atoms with van der Waals surface area (Å²) in [4.78, 5) is 21.4. The van der Waals surface area contributed by atoms with Crippen LogP contribution in [0.15, 0.2) is 55.1 Å². The number of hydrogen-bond acceptors (Lipinski definition) is 5. The van der Waals surface area contributed by atoms with Gasteiger partial charge in [-0.3, -0.25) is 19.4 Å². The molecule has 144 valence electrons. The van der Waals surface area contributed by atoms with E-state index in [1.54, 1.807) is 35.5 Å². The number of rotatable bonds is 5. The molecule has 0 bridgehead atoms. The Morgan fingerprint density at radius 1 is 1.21 bits per heavy atom. The number of pyridine rings is 2. The van der Waals surface area contributed by atoms with Gasteiger partial charge >= 0.3 is 0 Å². The maximum Gasteiger partial charge on any atom is 0.270 e. The highest BCUT2D eigenvalue weighted by atomic mass is 35.5. The molecule has 0 aliphatic heterocycles. The van der Waals surface area contributed by atoms with Crippen molar-refractivity contribution in [1.29, 1.82) is 0 Å². The van der Waals surface area contributed by atoms with Crippen molar-refractivity contribution in [2.24, 2.45) is 5.92 Å². The molecule has 7 nitrogen and oxygen atoms in total. The summed E-state index contributed by atoms with van der Waals surface area (Å²) in [6.07, 6.45) is 7.25. The first-order valence-electron chi connectivity index (χ1n) is 9.13. The van der Waals surface area contributed by atoms with E-state index in [2.05, 4.69) is 20.4 Å². The lowest BCUT2D eigenvalue weighted by atomic mass is 10.1. The maximum absolute atomic E-state index is 12.9. The van der Waals surface area contributed by atoms with Gasteiger partial charge in [0.15, 0.2) is 0 Å². The van der Waals surface area contributed by atoms with Gasteiger partial charge in [-0.15, -0.1) is 0 Å². The van der Waals surface area contributed by atoms with Gasteiger partial charge in [0, 0.05) is 30.7 Å². The van der Waals surface area contributed by atoms with Crippen molar-refractivity contribution in [2.75, 3.05) is 0 Å². The van der Waals surface area contributed by atoms with Crippen molar-refractivity contribution in [3.8, 4) is 11.3 Å². The molecule has 0 saturated heterocycles. The largest absolute Gasteiger partial charge is 0.391 e. The molecule has 1 aliphatic rings. The highest BCUT2D eigenvalue weighted by Gasteiger charge is 2.35. The summed E-state index contributed by atoms with van der Waals surface area (Å²) in [5.41, 5.74) is 1.65. The quantitative estimate of drug-likeness (QED) is 0.690. The van der Waals surface area contributed by atoms with E-state index in [4.69, 9.17) is 11.6 Å². The summed E-state index contributed by atoms with van der Waals surface area (Å²) in [7, 11) is 0. The summed E-state index contributed by atoms with van der Waals surface area (Å²) in [5.74, 6) is -0.108. The number of hydrogen-bond donors (Lipinski definition) is 2. The van der Waals surface area contributed by atoms with Crippen LogP contribution >= 0.6 is 11.6 Å². The average molecular weight is 398 g/mol. The van der Waals surface area contributed by atoms with Gasteiger partial charge in [0.25, 0.3) is 5.91 Å². The molecule has 0 aromatic carbocycles. The standard InChI is InChI=1S/C20H20ClN5O2/c21-14-10-24-26(12-14)11-13-8-17(18(27)9-13)25-20(28)19-15(4-3-7-23-19)16-5-1-2-6-22-16/h1-7,10,12-13,17-18,27H,8-9,11H2,(H,25,28)/t13?,17-,18-/m1/s1. The topological polar surface area (TPSA) is 92.9 Å². The van der Waals surface area contributed by atoms with Crippen molar-refractivity contribution >= 4 is 17.5 Å². The predicted molar refractivity (Wildman–Crippen MR) is 105 cm³/mol. The number of aliphatic hydroxyl groups excluding tert-OH is 1. The maximum atomic E-state index is 12.9. The highest BCUT2D eigenvalue weighted by Crippen LogP contribution is 2.28. The fourth-order valence-corrected chi connectivity index (χ4v) is 3.83. The van der Waals surface area contributed by atoms with E-state index >= 15 is 0 Å². The first-order valence-corrected chi connectivity index (χ1v) is 9.51. The number of aromatic nitrogens is 4. The molecule has 1 amide bonds. The van der Waals surface area contributed by atoms with Crippen LogP contribution in [-0.2, 0) is 6.54 Å². The Morgan fingerprint density at radius 3 is 2.82 bits per heavy atom. The van der Waals surface area contributed by atoms with E-state index in [0.717, 1.165) is 0 Å². The summed E-state index contributed by atoms with van der Waals surface area (Å²) in [6.45, 7) is 0.652. The zero-order valence-electron chi connectivity index (χ0n) is 15.1. The fraction of sp³-hybridized carbons (Fsp3) is 0.300. The van der Waals surface area contributed by atoms with Crippen LogP contribution in [0, 0.1) is 5.92 Å². The van der Waals surface area contributed by atoms with Crippen molar-refractivity contribution in [2.45, 2.75) is 31.5 Å². The molecule has 1 unspecified atom stereocenters. The molecule has 0 spiro atoms. The number of nitrogens with zero attached hydrogens (tertiary/aromatic N) is 4.